The van der Waals surface area contributed by atoms with Gasteiger partial charge in [-0.1, -0.05) is 39.0 Å². The summed E-state index contributed by atoms with van der Waals surface area (Å²) < 4.78 is 5.59. The molecule has 7 heteroatoms. The Labute approximate surface area is 185 Å². The Morgan fingerprint density at radius 2 is 2.10 bits per heavy atom. The van der Waals surface area contributed by atoms with E-state index >= 15 is 0 Å². The number of amides is 1. The van der Waals surface area contributed by atoms with Crippen LogP contribution in [0.5, 0.6) is 0 Å². The van der Waals surface area contributed by atoms with Gasteiger partial charge in [-0.2, -0.15) is 5.26 Å². The number of fused-ring (bicyclic) bond motifs is 2. The number of hydrogen-bond acceptors (Lipinski definition) is 5. The van der Waals surface area contributed by atoms with Crippen molar-refractivity contribution in [1.82, 2.24) is 5.32 Å². The van der Waals surface area contributed by atoms with Crippen molar-refractivity contribution in [1.29, 1.82) is 5.26 Å². The lowest BCUT2D eigenvalue weighted by Crippen LogP contribution is -2.33. The summed E-state index contributed by atoms with van der Waals surface area (Å²) in [5, 5.41) is 17.1. The van der Waals surface area contributed by atoms with Gasteiger partial charge >= 0.3 is 0 Å². The first-order chi connectivity index (χ1) is 14.3. The van der Waals surface area contributed by atoms with E-state index in [1.54, 1.807) is 17.4 Å². The molecule has 1 amide bonds. The van der Waals surface area contributed by atoms with Crippen LogP contribution in [-0.2, 0) is 12.8 Å². The average molecular weight is 438 g/mol. The number of rotatable bonds is 2. The van der Waals surface area contributed by atoms with Crippen molar-refractivity contribution in [3.05, 3.63) is 52.1 Å². The van der Waals surface area contributed by atoms with Crippen LogP contribution in [0.1, 0.15) is 53.8 Å². The zero-order valence-corrected chi connectivity index (χ0v) is 18.8. The number of nitrogens with zero attached hydrogens (tertiary/aromatic N) is 1. The second-order valence-electron chi connectivity index (χ2n) is 8.68. The van der Waals surface area contributed by atoms with E-state index in [1.165, 1.54) is 4.88 Å². The van der Waals surface area contributed by atoms with Gasteiger partial charge in [0.2, 0.25) is 0 Å². The molecule has 0 saturated carbocycles. The Morgan fingerprint density at radius 1 is 1.33 bits per heavy atom. The van der Waals surface area contributed by atoms with Gasteiger partial charge in [-0.25, -0.2) is 0 Å². The van der Waals surface area contributed by atoms with Crippen LogP contribution in [0, 0.1) is 22.7 Å². The topological polar surface area (TPSA) is 78.1 Å². The van der Waals surface area contributed by atoms with E-state index in [0.29, 0.717) is 22.1 Å². The SMILES string of the molecule is CC(C)(C)[C@@H]1CCc2c(sc(NC(=S)NC(=O)c3cc4ccccc4o3)c2C#N)C1. The van der Waals surface area contributed by atoms with Crippen molar-refractivity contribution in [3.63, 3.8) is 0 Å². The molecular formula is C23H23N3O2S2. The summed E-state index contributed by atoms with van der Waals surface area (Å²) in [6, 6.07) is 11.4. The largest absolute Gasteiger partial charge is 0.451 e. The lowest BCUT2D eigenvalue weighted by atomic mass is 9.72. The van der Waals surface area contributed by atoms with Gasteiger partial charge < -0.3 is 9.73 Å². The van der Waals surface area contributed by atoms with E-state index in [9.17, 15) is 10.1 Å². The van der Waals surface area contributed by atoms with Crippen LogP contribution in [-0.4, -0.2) is 11.0 Å². The molecule has 1 atom stereocenters. The van der Waals surface area contributed by atoms with Gasteiger partial charge in [-0.15, -0.1) is 11.3 Å². The number of benzene rings is 1. The second kappa shape index (κ2) is 7.86. The Hall–Kier alpha value is -2.69. The molecule has 2 aromatic heterocycles. The molecule has 0 unspecified atom stereocenters. The highest BCUT2D eigenvalue weighted by molar-refractivity contribution is 7.80. The molecule has 1 aliphatic carbocycles. The molecule has 0 aliphatic heterocycles. The molecule has 154 valence electrons. The number of hydrogen-bond donors (Lipinski definition) is 2. The van der Waals surface area contributed by atoms with Crippen molar-refractivity contribution in [3.8, 4) is 6.07 Å². The number of carbonyl (C=O) groups is 1. The predicted octanol–water partition coefficient (Wildman–Crippen LogP) is 5.64. The molecule has 3 aromatic rings. The van der Waals surface area contributed by atoms with Gasteiger partial charge in [0.15, 0.2) is 10.9 Å². The highest BCUT2D eigenvalue weighted by Crippen LogP contribution is 2.43. The predicted molar refractivity (Wildman–Crippen MR) is 124 cm³/mol. The van der Waals surface area contributed by atoms with Crippen LogP contribution in [0.25, 0.3) is 11.0 Å². The molecule has 0 radical (unpaired) electrons. The Morgan fingerprint density at radius 3 is 2.80 bits per heavy atom. The summed E-state index contributed by atoms with van der Waals surface area (Å²) in [5.41, 5.74) is 2.64. The third-order valence-corrected chi connectivity index (χ3v) is 7.08. The molecule has 2 N–H and O–H groups in total. The van der Waals surface area contributed by atoms with Crippen molar-refractivity contribution < 1.29 is 9.21 Å². The van der Waals surface area contributed by atoms with Gasteiger partial charge in [-0.3, -0.25) is 10.1 Å². The molecule has 0 saturated heterocycles. The number of carbonyl (C=O) groups excluding carboxylic acids is 1. The van der Waals surface area contributed by atoms with Gasteiger partial charge in [0.1, 0.15) is 16.7 Å². The minimum atomic E-state index is -0.420. The fourth-order valence-electron chi connectivity index (χ4n) is 3.92. The standard InChI is InChI=1S/C23H23N3O2S2/c1-23(2,3)14-8-9-15-16(12-24)21(30-19(15)11-14)26-22(29)25-20(27)18-10-13-6-4-5-7-17(13)28-18/h4-7,10,14H,8-9,11H2,1-3H3,(H2,25,26,27,29)/t14-/m1/s1. The molecule has 0 bridgehead atoms. The quantitative estimate of drug-likeness (QED) is 0.507. The van der Waals surface area contributed by atoms with E-state index in [4.69, 9.17) is 16.6 Å². The molecule has 4 rings (SSSR count). The van der Waals surface area contributed by atoms with Gasteiger partial charge in [0, 0.05) is 10.3 Å². The first-order valence-electron chi connectivity index (χ1n) is 9.92. The van der Waals surface area contributed by atoms with Crippen LogP contribution in [0.2, 0.25) is 0 Å². The maximum absolute atomic E-state index is 12.5. The summed E-state index contributed by atoms with van der Waals surface area (Å²) >= 11 is 6.90. The zero-order valence-electron chi connectivity index (χ0n) is 17.2. The average Bonchev–Trinajstić information content (AvgIpc) is 3.27. The summed E-state index contributed by atoms with van der Waals surface area (Å²) in [6.45, 7) is 6.80. The van der Waals surface area contributed by atoms with E-state index < -0.39 is 5.91 Å². The highest BCUT2D eigenvalue weighted by atomic mass is 32.1. The first-order valence-corrected chi connectivity index (χ1v) is 11.1. The Balaban J connectivity index is 1.49. The van der Waals surface area contributed by atoms with E-state index in [0.717, 1.165) is 30.2 Å². The van der Waals surface area contributed by atoms with Crippen molar-refractivity contribution in [2.75, 3.05) is 5.32 Å². The normalized spacial score (nSPS) is 16.0. The minimum absolute atomic E-state index is 0.155. The number of thiocarbonyl (C=S) groups is 1. The van der Waals surface area contributed by atoms with E-state index in [-0.39, 0.29) is 16.3 Å². The van der Waals surface area contributed by atoms with Crippen LogP contribution < -0.4 is 10.6 Å². The van der Waals surface area contributed by atoms with Gasteiger partial charge in [0.05, 0.1) is 5.56 Å². The van der Waals surface area contributed by atoms with Crippen molar-refractivity contribution in [2.45, 2.75) is 40.0 Å². The first kappa shape index (κ1) is 20.6. The minimum Gasteiger partial charge on any atom is -0.451 e. The summed E-state index contributed by atoms with van der Waals surface area (Å²) in [4.78, 5) is 13.8. The Kier molecular flexibility index (Phi) is 5.39. The monoisotopic (exact) mass is 437 g/mol. The lowest BCUT2D eigenvalue weighted by molar-refractivity contribution is 0.0953. The molecule has 0 spiro atoms. The molecule has 30 heavy (non-hydrogen) atoms. The zero-order chi connectivity index (χ0) is 21.5. The second-order valence-corrected chi connectivity index (χ2v) is 10.2. The van der Waals surface area contributed by atoms with E-state index in [2.05, 4.69) is 37.5 Å². The summed E-state index contributed by atoms with van der Waals surface area (Å²) in [5.74, 6) is 0.360. The Bertz CT molecular complexity index is 1140. The molecule has 1 aliphatic rings. The number of furan rings is 1. The number of anilines is 1. The fraction of sp³-hybridized carbons (Fsp3) is 0.348. The fourth-order valence-corrected chi connectivity index (χ4v) is 5.47. The third kappa shape index (κ3) is 3.98. The number of nitriles is 1. The maximum Gasteiger partial charge on any atom is 0.293 e. The smallest absolute Gasteiger partial charge is 0.293 e. The summed E-state index contributed by atoms with van der Waals surface area (Å²) in [7, 11) is 0. The molecule has 0 fully saturated rings. The van der Waals surface area contributed by atoms with Crippen molar-refractivity contribution >= 4 is 50.5 Å². The third-order valence-electron chi connectivity index (χ3n) is 5.71. The highest BCUT2D eigenvalue weighted by Gasteiger charge is 2.32. The van der Waals surface area contributed by atoms with Crippen LogP contribution in [0.3, 0.4) is 0 Å². The van der Waals surface area contributed by atoms with Crippen LogP contribution in [0.4, 0.5) is 5.00 Å². The number of para-hydroxylation sites is 1. The van der Waals surface area contributed by atoms with E-state index in [1.807, 2.05) is 24.3 Å². The van der Waals surface area contributed by atoms with Crippen molar-refractivity contribution in [2.24, 2.45) is 11.3 Å². The van der Waals surface area contributed by atoms with Gasteiger partial charge in [0.25, 0.3) is 5.91 Å². The summed E-state index contributed by atoms with van der Waals surface area (Å²) in [6.07, 6.45) is 2.95. The number of thiophene rings is 1. The van der Waals surface area contributed by atoms with Crippen LogP contribution >= 0.6 is 23.6 Å². The molecule has 5 nitrogen and oxygen atoms in total. The number of nitrogens with one attached hydrogen (secondary N) is 2. The molecule has 2 heterocycles. The van der Waals surface area contributed by atoms with Crippen LogP contribution in [0.15, 0.2) is 34.7 Å². The molecule has 1 aromatic carbocycles. The molecular weight excluding hydrogens is 414 g/mol. The van der Waals surface area contributed by atoms with Gasteiger partial charge in [-0.05, 0) is 60.5 Å². The lowest BCUT2D eigenvalue weighted by Gasteiger charge is -2.33. The maximum atomic E-state index is 12.5.